The van der Waals surface area contributed by atoms with Crippen LogP contribution in [0.25, 0.3) is 10.9 Å². The number of aryl methyl sites for hydroxylation is 1. The van der Waals surface area contributed by atoms with E-state index in [9.17, 15) is 22.7 Å². The maximum atomic E-state index is 14.4. The van der Waals surface area contributed by atoms with E-state index in [-0.39, 0.29) is 15.5 Å². The molecule has 0 saturated heterocycles. The number of aromatic nitrogens is 1. The van der Waals surface area contributed by atoms with Crippen LogP contribution in [0.1, 0.15) is 21.6 Å². The highest BCUT2D eigenvalue weighted by atomic mass is 32.2. The van der Waals surface area contributed by atoms with E-state index in [0.717, 1.165) is 39.4 Å². The number of sulfone groups is 1. The molecule has 2 aromatic carbocycles. The van der Waals surface area contributed by atoms with Gasteiger partial charge in [-0.2, -0.15) is 0 Å². The van der Waals surface area contributed by atoms with E-state index in [1.54, 1.807) is 18.3 Å². The van der Waals surface area contributed by atoms with Crippen molar-refractivity contribution in [2.45, 2.75) is 17.6 Å². The van der Waals surface area contributed by atoms with Crippen molar-refractivity contribution in [2.75, 3.05) is 5.75 Å². The molecule has 8 heteroatoms. The highest BCUT2D eigenvalue weighted by Gasteiger charge is 2.29. The Labute approximate surface area is 194 Å². The third-order valence-corrected chi connectivity index (χ3v) is 8.66. The summed E-state index contributed by atoms with van der Waals surface area (Å²) in [6, 6.07) is 15.7. The number of aromatic amines is 1. The fourth-order valence-electron chi connectivity index (χ4n) is 3.48. The highest BCUT2D eigenvalue weighted by molar-refractivity contribution is 7.93. The smallest absolute Gasteiger partial charge is 0.307 e. The molecule has 2 N–H and O–H groups in total. The number of nitrogens with one attached hydrogen (secondary N) is 1. The fourth-order valence-corrected chi connectivity index (χ4v) is 6.30. The van der Waals surface area contributed by atoms with Crippen LogP contribution in [0.3, 0.4) is 0 Å². The van der Waals surface area contributed by atoms with Crippen LogP contribution >= 0.6 is 11.3 Å². The average Bonchev–Trinajstić information content (AvgIpc) is 3.36. The molecule has 168 valence electrons. The second kappa shape index (κ2) is 9.22. The highest BCUT2D eigenvalue weighted by Crippen LogP contribution is 2.28. The molecule has 0 aliphatic rings. The zero-order chi connectivity index (χ0) is 23.6. The molecule has 0 fully saturated rings. The second-order valence-electron chi connectivity index (χ2n) is 7.74. The molecule has 0 saturated carbocycles. The van der Waals surface area contributed by atoms with E-state index >= 15 is 0 Å². The first kappa shape index (κ1) is 22.8. The largest absolute Gasteiger partial charge is 0.481 e. The van der Waals surface area contributed by atoms with Gasteiger partial charge in [-0.1, -0.05) is 41.8 Å². The monoisotopic (exact) mass is 481 g/mol. The van der Waals surface area contributed by atoms with Crippen molar-refractivity contribution in [1.29, 1.82) is 0 Å². The van der Waals surface area contributed by atoms with Crippen molar-refractivity contribution in [3.05, 3.63) is 88.2 Å². The van der Waals surface area contributed by atoms with Gasteiger partial charge in [0.1, 0.15) is 9.09 Å². The summed E-state index contributed by atoms with van der Waals surface area (Å²) in [7, 11) is -4.03. The van der Waals surface area contributed by atoms with Gasteiger partial charge in [0, 0.05) is 28.7 Å². The standard InChI is InChI=1S/C25H20FNO4S2/c1-16-6-8-17(9-7-16)10-11-23-21(26)13-24(32-23)33(30,31)15-19(25(28)29)12-18-14-27-22-5-3-2-4-20(18)22/h2-9,13-14,19,27H,12,15H2,1H3,(H,28,29)/t19-/m0/s1. The lowest BCUT2D eigenvalue weighted by Gasteiger charge is -2.11. The molecule has 1 atom stereocenters. The molecular weight excluding hydrogens is 461 g/mol. The summed E-state index contributed by atoms with van der Waals surface area (Å²) < 4.78 is 40.1. The van der Waals surface area contributed by atoms with Crippen molar-refractivity contribution in [3.63, 3.8) is 0 Å². The Bertz CT molecular complexity index is 1490. The number of carbonyl (C=O) groups is 1. The quantitative estimate of drug-likeness (QED) is 0.388. The molecule has 0 aliphatic heterocycles. The van der Waals surface area contributed by atoms with Crippen LogP contribution in [0.4, 0.5) is 4.39 Å². The van der Waals surface area contributed by atoms with Crippen LogP contribution in [0.2, 0.25) is 0 Å². The van der Waals surface area contributed by atoms with Crippen LogP contribution in [0.5, 0.6) is 0 Å². The Kier molecular flexibility index (Phi) is 6.36. The molecule has 0 aliphatic carbocycles. The van der Waals surface area contributed by atoms with E-state index in [1.807, 2.05) is 43.3 Å². The number of thiophene rings is 1. The predicted molar refractivity (Wildman–Crippen MR) is 127 cm³/mol. The molecule has 5 nitrogen and oxygen atoms in total. The molecule has 4 aromatic rings. The van der Waals surface area contributed by atoms with Crippen LogP contribution in [0.15, 0.2) is 65.0 Å². The lowest BCUT2D eigenvalue weighted by molar-refractivity contribution is -0.140. The van der Waals surface area contributed by atoms with Crippen molar-refractivity contribution >= 4 is 38.0 Å². The van der Waals surface area contributed by atoms with Gasteiger partial charge in [-0.25, -0.2) is 12.8 Å². The molecule has 0 amide bonds. The topological polar surface area (TPSA) is 87.2 Å². The fraction of sp³-hybridized carbons (Fsp3) is 0.160. The molecule has 0 bridgehead atoms. The number of H-pyrrole nitrogens is 1. The van der Waals surface area contributed by atoms with Gasteiger partial charge in [-0.3, -0.25) is 4.79 Å². The predicted octanol–water partition coefficient (Wildman–Crippen LogP) is 4.79. The zero-order valence-corrected chi connectivity index (χ0v) is 19.3. The first-order valence-corrected chi connectivity index (χ1v) is 12.6. The minimum atomic E-state index is -4.03. The Morgan fingerprint density at radius 1 is 1.15 bits per heavy atom. The number of aliphatic carboxylic acids is 1. The summed E-state index contributed by atoms with van der Waals surface area (Å²) in [4.78, 5) is 14.9. The van der Waals surface area contributed by atoms with Gasteiger partial charge in [0.15, 0.2) is 15.7 Å². The summed E-state index contributed by atoms with van der Waals surface area (Å²) in [5.74, 6) is 1.74. The second-order valence-corrected chi connectivity index (χ2v) is 11.1. The number of carboxylic acid groups (broad SMARTS) is 1. The Balaban J connectivity index is 1.56. The molecular formula is C25H20FNO4S2. The van der Waals surface area contributed by atoms with E-state index in [1.165, 1.54) is 0 Å². The Hall–Kier alpha value is -3.41. The maximum Gasteiger partial charge on any atom is 0.307 e. The number of rotatable bonds is 6. The Morgan fingerprint density at radius 2 is 1.88 bits per heavy atom. The minimum absolute atomic E-state index is 0.00217. The average molecular weight is 482 g/mol. The van der Waals surface area contributed by atoms with E-state index in [4.69, 9.17) is 0 Å². The summed E-state index contributed by atoms with van der Waals surface area (Å²) in [6.07, 6.45) is 1.73. The summed E-state index contributed by atoms with van der Waals surface area (Å²) in [5.41, 5.74) is 3.31. The van der Waals surface area contributed by atoms with Gasteiger partial charge in [-0.05, 0) is 43.0 Å². The molecule has 2 heterocycles. The van der Waals surface area contributed by atoms with Crippen molar-refractivity contribution in [1.82, 2.24) is 4.98 Å². The van der Waals surface area contributed by atoms with Gasteiger partial charge in [-0.15, -0.1) is 11.3 Å². The van der Waals surface area contributed by atoms with Gasteiger partial charge >= 0.3 is 5.97 Å². The van der Waals surface area contributed by atoms with E-state index in [0.29, 0.717) is 5.56 Å². The van der Waals surface area contributed by atoms with Crippen LogP contribution in [-0.2, 0) is 21.1 Å². The molecule has 0 radical (unpaired) electrons. The Morgan fingerprint density at radius 3 is 2.61 bits per heavy atom. The maximum absolute atomic E-state index is 14.4. The summed E-state index contributed by atoms with van der Waals surface area (Å²) >= 11 is 0.717. The first-order chi connectivity index (χ1) is 15.7. The number of halogens is 1. The molecule has 4 rings (SSSR count). The lowest BCUT2D eigenvalue weighted by atomic mass is 10.0. The summed E-state index contributed by atoms with van der Waals surface area (Å²) in [5, 5.41) is 10.5. The number of benzene rings is 2. The SMILES string of the molecule is Cc1ccc(C#Cc2sc(S(=O)(=O)C[C@H](Cc3c[nH]c4ccccc34)C(=O)O)cc2F)cc1. The van der Waals surface area contributed by atoms with E-state index < -0.39 is 33.3 Å². The number of hydrogen-bond acceptors (Lipinski definition) is 4. The van der Waals surface area contributed by atoms with Crippen LogP contribution in [-0.4, -0.2) is 30.2 Å². The molecule has 0 unspecified atom stereocenters. The van der Waals surface area contributed by atoms with Crippen molar-refractivity contribution in [3.8, 4) is 11.8 Å². The van der Waals surface area contributed by atoms with Gasteiger partial charge < -0.3 is 10.1 Å². The lowest BCUT2D eigenvalue weighted by Crippen LogP contribution is -2.25. The third-order valence-electron chi connectivity index (χ3n) is 5.25. The van der Waals surface area contributed by atoms with Gasteiger partial charge in [0.25, 0.3) is 0 Å². The van der Waals surface area contributed by atoms with Gasteiger partial charge in [0.05, 0.1) is 11.7 Å². The normalized spacial score (nSPS) is 12.3. The summed E-state index contributed by atoms with van der Waals surface area (Å²) in [6.45, 7) is 1.94. The first-order valence-electron chi connectivity index (χ1n) is 10.1. The van der Waals surface area contributed by atoms with Crippen LogP contribution < -0.4 is 0 Å². The third kappa shape index (κ3) is 5.16. The zero-order valence-electron chi connectivity index (χ0n) is 17.6. The molecule has 0 spiro atoms. The van der Waals surface area contributed by atoms with Crippen LogP contribution in [0, 0.1) is 30.5 Å². The molecule has 2 aromatic heterocycles. The van der Waals surface area contributed by atoms with Crippen molar-refractivity contribution < 1.29 is 22.7 Å². The number of carboxylic acids is 1. The number of para-hydroxylation sites is 1. The number of fused-ring (bicyclic) bond motifs is 1. The van der Waals surface area contributed by atoms with Gasteiger partial charge in [0.2, 0.25) is 0 Å². The molecule has 33 heavy (non-hydrogen) atoms. The van der Waals surface area contributed by atoms with E-state index in [2.05, 4.69) is 16.8 Å². The minimum Gasteiger partial charge on any atom is -0.481 e. The van der Waals surface area contributed by atoms with Crippen molar-refractivity contribution in [2.24, 2.45) is 5.92 Å². The number of hydrogen-bond donors (Lipinski definition) is 2.